The fourth-order valence-electron chi connectivity index (χ4n) is 10.0. The van der Waals surface area contributed by atoms with E-state index >= 15 is 0 Å². The Hall–Kier alpha value is -1.59. The summed E-state index contributed by atoms with van der Waals surface area (Å²) in [5, 5.41) is 54.6. The van der Waals surface area contributed by atoms with Gasteiger partial charge in [-0.05, 0) is 44.9 Å². The number of carbonyl (C=O) groups is 1. The van der Waals surface area contributed by atoms with Crippen molar-refractivity contribution >= 4 is 5.91 Å². The van der Waals surface area contributed by atoms with Crippen molar-refractivity contribution in [3.63, 3.8) is 0 Å². The van der Waals surface area contributed by atoms with Crippen LogP contribution in [0.2, 0.25) is 0 Å². The Morgan fingerprint density at radius 3 is 1.17 bits per heavy atom. The average Bonchev–Trinajstić information content (AvgIpc) is 3.38. The maximum atomic E-state index is 13.1. The number of carbonyl (C=O) groups excluding carboxylic acids is 1. The Bertz CT molecular complexity index is 1230. The van der Waals surface area contributed by atoms with Crippen molar-refractivity contribution in [2.75, 3.05) is 13.2 Å². The average molecular weight is 1020 g/mol. The summed E-state index contributed by atoms with van der Waals surface area (Å²) in [5.74, 6) is -0.185. The smallest absolute Gasteiger partial charge is 0.220 e. The van der Waals surface area contributed by atoms with Crippen LogP contribution in [0, 0.1) is 0 Å². The summed E-state index contributed by atoms with van der Waals surface area (Å²) >= 11 is 0. The highest BCUT2D eigenvalue weighted by Crippen LogP contribution is 2.23. The molecule has 0 spiro atoms. The minimum absolute atomic E-state index is 0.185. The number of hydrogen-bond acceptors (Lipinski definition) is 8. The number of ether oxygens (including phenoxy) is 2. The monoisotopic (exact) mass is 1020 g/mol. The minimum atomic E-state index is -1.57. The Morgan fingerprint density at radius 2 is 0.792 bits per heavy atom. The summed E-state index contributed by atoms with van der Waals surface area (Å²) in [4.78, 5) is 13.1. The van der Waals surface area contributed by atoms with Crippen molar-refractivity contribution in [1.82, 2.24) is 5.32 Å². The number of aliphatic hydroxyl groups is 5. The van der Waals surface area contributed by atoms with Crippen molar-refractivity contribution in [2.24, 2.45) is 0 Å². The Balaban J connectivity index is 2.21. The van der Waals surface area contributed by atoms with Gasteiger partial charge in [0.2, 0.25) is 5.91 Å². The second-order valence-electron chi connectivity index (χ2n) is 21.8. The SMILES string of the molecule is CCCCCCCCCCCCCCCCCCCCC/C=C/CC/C=C/CC/C=C/C(O)C(COC1OC(CO)C(O)C(O)C1O)NC(=O)CCCCCCCCCCCCCCCCCCCCCC. The van der Waals surface area contributed by atoms with Gasteiger partial charge in [-0.25, -0.2) is 0 Å². The Labute approximate surface area is 444 Å². The standard InChI is InChI=1S/C63H119NO8/c1-3-5-7-9-11-13-15-17-19-21-23-25-26-27-28-29-30-31-32-33-34-36-38-40-42-44-46-48-50-52-57(66)56(55-71-63-62(70)61(69)60(68)58(54-65)72-63)64-59(67)53-51-49-47-45-43-41-39-37-35-24-22-20-18-16-14-12-10-8-6-4-2/h34,36,42,44,50,52,56-58,60-63,65-66,68-70H,3-33,35,37-41,43,45-49,51,53-55H2,1-2H3,(H,64,67)/b36-34+,44-42+,52-50+. The molecule has 9 nitrogen and oxygen atoms in total. The molecule has 0 aliphatic carbocycles. The third-order valence-electron chi connectivity index (χ3n) is 14.9. The molecule has 0 aromatic carbocycles. The van der Waals surface area contributed by atoms with Crippen LogP contribution in [-0.2, 0) is 14.3 Å². The molecule has 1 saturated heterocycles. The van der Waals surface area contributed by atoms with Gasteiger partial charge in [0.15, 0.2) is 6.29 Å². The first-order chi connectivity index (χ1) is 35.3. The predicted molar refractivity (Wildman–Crippen MR) is 304 cm³/mol. The first-order valence-corrected chi connectivity index (χ1v) is 31.2. The predicted octanol–water partition coefficient (Wildman–Crippen LogP) is 15.9. The van der Waals surface area contributed by atoms with E-state index < -0.39 is 49.5 Å². The molecule has 0 bridgehead atoms. The number of rotatable bonds is 54. The maximum Gasteiger partial charge on any atom is 0.220 e. The van der Waals surface area contributed by atoms with Gasteiger partial charge in [-0.2, -0.15) is 0 Å². The molecule has 72 heavy (non-hydrogen) atoms. The van der Waals surface area contributed by atoms with E-state index in [-0.39, 0.29) is 12.5 Å². The third-order valence-corrected chi connectivity index (χ3v) is 14.9. The highest BCUT2D eigenvalue weighted by molar-refractivity contribution is 5.76. The summed E-state index contributed by atoms with van der Waals surface area (Å²) < 4.78 is 11.3. The van der Waals surface area contributed by atoms with Crippen molar-refractivity contribution in [1.29, 1.82) is 0 Å². The topological polar surface area (TPSA) is 149 Å². The van der Waals surface area contributed by atoms with Gasteiger partial charge >= 0.3 is 0 Å². The molecule has 7 atom stereocenters. The van der Waals surface area contributed by atoms with Crippen molar-refractivity contribution < 1.29 is 39.8 Å². The number of aliphatic hydroxyl groups excluding tert-OH is 5. The molecule has 0 saturated carbocycles. The molecule has 0 radical (unpaired) electrons. The molecule has 1 aliphatic heterocycles. The van der Waals surface area contributed by atoms with E-state index in [9.17, 15) is 30.3 Å². The van der Waals surface area contributed by atoms with Gasteiger partial charge in [-0.3, -0.25) is 4.79 Å². The van der Waals surface area contributed by atoms with E-state index in [0.29, 0.717) is 6.42 Å². The number of hydrogen-bond donors (Lipinski definition) is 6. The molecule has 9 heteroatoms. The van der Waals surface area contributed by atoms with Crippen LogP contribution in [0.4, 0.5) is 0 Å². The molecule has 6 N–H and O–H groups in total. The lowest BCUT2D eigenvalue weighted by Crippen LogP contribution is -2.60. The zero-order valence-electron chi connectivity index (χ0n) is 47.2. The van der Waals surface area contributed by atoms with E-state index in [0.717, 1.165) is 44.9 Å². The van der Waals surface area contributed by atoms with Gasteiger partial charge in [0.25, 0.3) is 0 Å². The normalized spacial score (nSPS) is 19.3. The zero-order valence-corrected chi connectivity index (χ0v) is 47.2. The van der Waals surface area contributed by atoms with Crippen LogP contribution in [0.15, 0.2) is 36.5 Å². The van der Waals surface area contributed by atoms with E-state index in [4.69, 9.17) is 9.47 Å². The van der Waals surface area contributed by atoms with Crippen LogP contribution in [0.3, 0.4) is 0 Å². The molecular weight excluding hydrogens is 899 g/mol. The molecule has 7 unspecified atom stereocenters. The van der Waals surface area contributed by atoms with E-state index in [1.807, 2.05) is 6.08 Å². The number of unbranched alkanes of at least 4 members (excludes halogenated alkanes) is 40. The lowest BCUT2D eigenvalue weighted by atomic mass is 9.99. The first-order valence-electron chi connectivity index (χ1n) is 31.2. The highest BCUT2D eigenvalue weighted by atomic mass is 16.7. The molecule has 0 aromatic heterocycles. The van der Waals surface area contributed by atoms with E-state index in [1.165, 1.54) is 238 Å². The number of amides is 1. The molecular formula is C63H119NO8. The fraction of sp³-hybridized carbons (Fsp3) is 0.889. The van der Waals surface area contributed by atoms with Crippen molar-refractivity contribution in [2.45, 2.75) is 346 Å². The van der Waals surface area contributed by atoms with Crippen LogP contribution in [-0.4, -0.2) is 87.5 Å². The van der Waals surface area contributed by atoms with Gasteiger partial charge in [-0.1, -0.05) is 288 Å². The fourth-order valence-corrected chi connectivity index (χ4v) is 10.0. The third kappa shape index (κ3) is 41.6. The first kappa shape index (κ1) is 68.4. The molecule has 1 fully saturated rings. The van der Waals surface area contributed by atoms with Crippen LogP contribution < -0.4 is 5.32 Å². The molecule has 0 aromatic rings. The highest BCUT2D eigenvalue weighted by Gasteiger charge is 2.44. The maximum absolute atomic E-state index is 13.1. The summed E-state index contributed by atoms with van der Waals surface area (Å²) in [7, 11) is 0. The van der Waals surface area contributed by atoms with E-state index in [1.54, 1.807) is 6.08 Å². The molecule has 1 heterocycles. The summed E-state index contributed by atoms with van der Waals surface area (Å²) in [6.45, 7) is 3.80. The van der Waals surface area contributed by atoms with Crippen LogP contribution in [0.25, 0.3) is 0 Å². The second-order valence-corrected chi connectivity index (χ2v) is 21.8. The lowest BCUT2D eigenvalue weighted by molar-refractivity contribution is -0.302. The van der Waals surface area contributed by atoms with Crippen molar-refractivity contribution in [3.05, 3.63) is 36.5 Å². The van der Waals surface area contributed by atoms with Gasteiger partial charge in [0.05, 0.1) is 25.4 Å². The van der Waals surface area contributed by atoms with Crippen LogP contribution >= 0.6 is 0 Å². The molecule has 424 valence electrons. The minimum Gasteiger partial charge on any atom is -0.394 e. The quantitative estimate of drug-likeness (QED) is 0.0261. The van der Waals surface area contributed by atoms with Crippen LogP contribution in [0.1, 0.15) is 303 Å². The molecule has 1 rings (SSSR count). The van der Waals surface area contributed by atoms with Crippen LogP contribution in [0.5, 0.6) is 0 Å². The molecule has 1 aliphatic rings. The van der Waals surface area contributed by atoms with Gasteiger partial charge in [0, 0.05) is 6.42 Å². The summed E-state index contributed by atoms with van der Waals surface area (Å²) in [6.07, 6.45) is 62.3. The Morgan fingerprint density at radius 1 is 0.458 bits per heavy atom. The van der Waals surface area contributed by atoms with Crippen molar-refractivity contribution in [3.8, 4) is 0 Å². The lowest BCUT2D eigenvalue weighted by Gasteiger charge is -2.40. The Kier molecular flexibility index (Phi) is 50.2. The number of allylic oxidation sites excluding steroid dienone is 5. The van der Waals surface area contributed by atoms with Gasteiger partial charge in [-0.15, -0.1) is 0 Å². The molecule has 1 amide bonds. The summed E-state index contributed by atoms with van der Waals surface area (Å²) in [5.41, 5.74) is 0. The largest absolute Gasteiger partial charge is 0.394 e. The van der Waals surface area contributed by atoms with Gasteiger partial charge < -0.3 is 40.3 Å². The van der Waals surface area contributed by atoms with Gasteiger partial charge in [0.1, 0.15) is 24.4 Å². The second kappa shape index (κ2) is 52.8. The van der Waals surface area contributed by atoms with E-state index in [2.05, 4.69) is 43.5 Å². The summed E-state index contributed by atoms with van der Waals surface area (Å²) in [6, 6.07) is -0.827. The zero-order chi connectivity index (χ0) is 52.2. The number of nitrogens with one attached hydrogen (secondary N) is 1.